The number of hydrogen-bond acceptors (Lipinski definition) is 3. The largest absolute Gasteiger partial charge is 0.342 e. The molecule has 0 aliphatic carbocycles. The van der Waals surface area contributed by atoms with E-state index in [0.717, 1.165) is 62.0 Å². The van der Waals surface area contributed by atoms with Gasteiger partial charge >= 0.3 is 0 Å². The number of benzene rings is 1. The molecule has 2 saturated heterocycles. The zero-order valence-corrected chi connectivity index (χ0v) is 16.3. The zero-order valence-electron chi connectivity index (χ0n) is 16.3. The summed E-state index contributed by atoms with van der Waals surface area (Å²) in [6.07, 6.45) is 3.80. The standard InChI is InChI=1S/C21H31N3O2/c1-15-11-16(2)13-18(12-15)21(26)24-10-4-5-17(14-24)20(25)23(3)19-6-8-22-9-7-19/h11-13,17,19,22H,4-10,14H2,1-3H3. The molecular weight excluding hydrogens is 326 g/mol. The van der Waals surface area contributed by atoms with Gasteiger partial charge < -0.3 is 15.1 Å². The summed E-state index contributed by atoms with van der Waals surface area (Å²) in [5.74, 6) is 0.187. The van der Waals surface area contributed by atoms with Crippen LogP contribution in [0.3, 0.4) is 0 Å². The zero-order chi connectivity index (χ0) is 18.7. The summed E-state index contributed by atoms with van der Waals surface area (Å²) in [6.45, 7) is 7.27. The molecule has 5 heteroatoms. The lowest BCUT2D eigenvalue weighted by molar-refractivity contribution is -0.138. The van der Waals surface area contributed by atoms with E-state index >= 15 is 0 Å². The molecule has 0 saturated carbocycles. The summed E-state index contributed by atoms with van der Waals surface area (Å²) in [6, 6.07) is 6.30. The Morgan fingerprint density at radius 2 is 1.73 bits per heavy atom. The number of nitrogens with one attached hydrogen (secondary N) is 1. The van der Waals surface area contributed by atoms with Crippen LogP contribution in [-0.4, -0.2) is 60.9 Å². The average molecular weight is 357 g/mol. The Bertz CT molecular complexity index is 647. The predicted octanol–water partition coefficient (Wildman–Crippen LogP) is 2.37. The van der Waals surface area contributed by atoms with Gasteiger partial charge in [-0.15, -0.1) is 0 Å². The molecule has 1 N–H and O–H groups in total. The number of carbonyl (C=O) groups is 2. The highest BCUT2D eigenvalue weighted by Crippen LogP contribution is 2.23. The third kappa shape index (κ3) is 4.26. The molecule has 1 aromatic carbocycles. The Kier molecular flexibility index (Phi) is 5.97. The fraction of sp³-hybridized carbons (Fsp3) is 0.619. The van der Waals surface area contributed by atoms with Crippen molar-refractivity contribution in [1.29, 1.82) is 0 Å². The minimum Gasteiger partial charge on any atom is -0.342 e. The van der Waals surface area contributed by atoms with Crippen molar-refractivity contribution < 1.29 is 9.59 Å². The number of piperidine rings is 2. The van der Waals surface area contributed by atoms with E-state index in [1.54, 1.807) is 0 Å². The van der Waals surface area contributed by atoms with Crippen molar-refractivity contribution in [2.75, 3.05) is 33.2 Å². The average Bonchev–Trinajstić information content (AvgIpc) is 2.66. The molecule has 2 amide bonds. The molecule has 5 nitrogen and oxygen atoms in total. The Morgan fingerprint density at radius 1 is 1.08 bits per heavy atom. The Morgan fingerprint density at radius 3 is 2.38 bits per heavy atom. The van der Waals surface area contributed by atoms with E-state index in [1.807, 2.05) is 42.8 Å². The van der Waals surface area contributed by atoms with Crippen LogP contribution in [-0.2, 0) is 4.79 Å². The maximum Gasteiger partial charge on any atom is 0.253 e. The molecule has 2 aliphatic heterocycles. The number of rotatable bonds is 3. The first kappa shape index (κ1) is 18.9. The van der Waals surface area contributed by atoms with E-state index in [2.05, 4.69) is 11.4 Å². The van der Waals surface area contributed by atoms with Gasteiger partial charge in [0.25, 0.3) is 5.91 Å². The minimum absolute atomic E-state index is 0.0545. The number of nitrogens with zero attached hydrogens (tertiary/aromatic N) is 2. The lowest BCUT2D eigenvalue weighted by atomic mass is 9.94. The van der Waals surface area contributed by atoms with Crippen molar-refractivity contribution in [2.45, 2.75) is 45.6 Å². The summed E-state index contributed by atoms with van der Waals surface area (Å²) in [7, 11) is 1.93. The van der Waals surface area contributed by atoms with Gasteiger partial charge in [-0.25, -0.2) is 0 Å². The molecule has 2 heterocycles. The van der Waals surface area contributed by atoms with Gasteiger partial charge in [0.05, 0.1) is 5.92 Å². The van der Waals surface area contributed by atoms with Crippen LogP contribution in [0.1, 0.15) is 47.2 Å². The van der Waals surface area contributed by atoms with Crippen LogP contribution in [0.5, 0.6) is 0 Å². The molecule has 1 aromatic rings. The van der Waals surface area contributed by atoms with Crippen molar-refractivity contribution >= 4 is 11.8 Å². The van der Waals surface area contributed by atoms with Crippen molar-refractivity contribution in [2.24, 2.45) is 5.92 Å². The van der Waals surface area contributed by atoms with Crippen molar-refractivity contribution in [3.8, 4) is 0 Å². The van der Waals surface area contributed by atoms with Gasteiger partial charge in [0, 0.05) is 31.7 Å². The first-order chi connectivity index (χ1) is 12.5. The number of aryl methyl sites for hydroxylation is 2. The topological polar surface area (TPSA) is 52.7 Å². The summed E-state index contributed by atoms with van der Waals surface area (Å²) in [5, 5.41) is 3.35. The lowest BCUT2D eigenvalue weighted by Gasteiger charge is -2.37. The molecule has 26 heavy (non-hydrogen) atoms. The van der Waals surface area contributed by atoms with Crippen molar-refractivity contribution in [3.63, 3.8) is 0 Å². The molecular formula is C21H31N3O2. The molecule has 142 valence electrons. The van der Waals surface area contributed by atoms with Crippen LogP contribution in [0.4, 0.5) is 0 Å². The quantitative estimate of drug-likeness (QED) is 0.904. The summed E-state index contributed by atoms with van der Waals surface area (Å²) in [5.41, 5.74) is 2.94. The second-order valence-electron chi connectivity index (χ2n) is 7.90. The van der Waals surface area contributed by atoms with E-state index in [1.165, 1.54) is 0 Å². The number of likely N-dealkylation sites (tertiary alicyclic amines) is 1. The van der Waals surface area contributed by atoms with E-state index in [9.17, 15) is 9.59 Å². The highest BCUT2D eigenvalue weighted by atomic mass is 16.2. The maximum atomic E-state index is 13.0. The second kappa shape index (κ2) is 8.21. The molecule has 0 bridgehead atoms. The second-order valence-corrected chi connectivity index (χ2v) is 7.90. The molecule has 0 aromatic heterocycles. The molecule has 0 spiro atoms. The Hall–Kier alpha value is -1.88. The highest BCUT2D eigenvalue weighted by Gasteiger charge is 2.33. The fourth-order valence-electron chi connectivity index (χ4n) is 4.31. The van der Waals surface area contributed by atoms with E-state index in [-0.39, 0.29) is 17.7 Å². The summed E-state index contributed by atoms with van der Waals surface area (Å²) >= 11 is 0. The predicted molar refractivity (Wildman–Crippen MR) is 103 cm³/mol. The van der Waals surface area contributed by atoms with Crippen LogP contribution >= 0.6 is 0 Å². The molecule has 2 aliphatic rings. The highest BCUT2D eigenvalue weighted by molar-refractivity contribution is 5.95. The van der Waals surface area contributed by atoms with Crippen LogP contribution < -0.4 is 5.32 Å². The molecule has 1 unspecified atom stereocenters. The van der Waals surface area contributed by atoms with Gasteiger partial charge in [-0.3, -0.25) is 9.59 Å². The van der Waals surface area contributed by atoms with Gasteiger partial charge in [0.2, 0.25) is 5.91 Å². The first-order valence-electron chi connectivity index (χ1n) is 9.80. The minimum atomic E-state index is -0.0708. The van der Waals surface area contributed by atoms with Crippen molar-refractivity contribution in [3.05, 3.63) is 34.9 Å². The van der Waals surface area contributed by atoms with E-state index in [0.29, 0.717) is 12.6 Å². The van der Waals surface area contributed by atoms with Crippen molar-refractivity contribution in [1.82, 2.24) is 15.1 Å². The third-order valence-corrected chi connectivity index (χ3v) is 5.73. The van der Waals surface area contributed by atoms with Gasteiger partial charge in [-0.05, 0) is 64.8 Å². The van der Waals surface area contributed by atoms with Crippen LogP contribution in [0.2, 0.25) is 0 Å². The van der Waals surface area contributed by atoms with Gasteiger partial charge in [-0.2, -0.15) is 0 Å². The van der Waals surface area contributed by atoms with Crippen LogP contribution in [0, 0.1) is 19.8 Å². The monoisotopic (exact) mass is 357 g/mol. The Balaban J connectivity index is 1.66. The summed E-state index contributed by atoms with van der Waals surface area (Å²) < 4.78 is 0. The summed E-state index contributed by atoms with van der Waals surface area (Å²) in [4.78, 5) is 29.7. The fourth-order valence-corrected chi connectivity index (χ4v) is 4.31. The van der Waals surface area contributed by atoms with Gasteiger partial charge in [0.15, 0.2) is 0 Å². The lowest BCUT2D eigenvalue weighted by Crippen LogP contribution is -2.50. The SMILES string of the molecule is Cc1cc(C)cc(C(=O)N2CCCC(C(=O)N(C)C3CCNCC3)C2)c1. The molecule has 1 atom stereocenters. The van der Waals surface area contributed by atoms with E-state index in [4.69, 9.17) is 0 Å². The molecule has 0 radical (unpaired) electrons. The van der Waals surface area contributed by atoms with Gasteiger partial charge in [-0.1, -0.05) is 17.2 Å². The molecule has 3 rings (SSSR count). The van der Waals surface area contributed by atoms with Gasteiger partial charge in [0.1, 0.15) is 0 Å². The van der Waals surface area contributed by atoms with Crippen LogP contribution in [0.15, 0.2) is 18.2 Å². The number of amides is 2. The normalized spacial score (nSPS) is 21.5. The molecule has 2 fully saturated rings. The third-order valence-electron chi connectivity index (χ3n) is 5.73. The first-order valence-corrected chi connectivity index (χ1v) is 9.80. The maximum absolute atomic E-state index is 13.0. The van der Waals surface area contributed by atoms with Crippen LogP contribution in [0.25, 0.3) is 0 Å². The van der Waals surface area contributed by atoms with E-state index < -0.39 is 0 Å². The number of carbonyl (C=O) groups excluding carboxylic acids is 2. The number of hydrogen-bond donors (Lipinski definition) is 1. The Labute approximate surface area is 156 Å². The smallest absolute Gasteiger partial charge is 0.253 e.